The van der Waals surface area contributed by atoms with Crippen molar-refractivity contribution >= 4 is 5.91 Å². The van der Waals surface area contributed by atoms with Crippen molar-refractivity contribution in [3.8, 4) is 11.1 Å². The fourth-order valence-corrected chi connectivity index (χ4v) is 2.03. The molecular weight excluding hydrogens is 269 g/mol. The van der Waals surface area contributed by atoms with E-state index in [1.165, 1.54) is 6.07 Å². The van der Waals surface area contributed by atoms with Gasteiger partial charge >= 0.3 is 0 Å². The predicted octanol–water partition coefficient (Wildman–Crippen LogP) is 2.91. The van der Waals surface area contributed by atoms with E-state index in [1.54, 1.807) is 37.3 Å². The Morgan fingerprint density at radius 2 is 2.05 bits per heavy atom. The number of hydrogen-bond donors (Lipinski definition) is 2. The van der Waals surface area contributed by atoms with Crippen LogP contribution in [0.15, 0.2) is 42.5 Å². The Bertz CT molecular complexity index is 655. The number of benzene rings is 2. The van der Waals surface area contributed by atoms with E-state index in [0.717, 1.165) is 5.56 Å². The van der Waals surface area contributed by atoms with Crippen molar-refractivity contribution in [2.24, 2.45) is 0 Å². The molecule has 3 nitrogen and oxygen atoms in total. The van der Waals surface area contributed by atoms with E-state index in [4.69, 9.17) is 5.11 Å². The highest BCUT2D eigenvalue weighted by Crippen LogP contribution is 2.24. The lowest BCUT2D eigenvalue weighted by atomic mass is 10.0. The smallest absolute Gasteiger partial charge is 0.251 e. The first-order chi connectivity index (χ1) is 10.0. The molecule has 4 heteroatoms. The summed E-state index contributed by atoms with van der Waals surface area (Å²) in [4.78, 5) is 12.0. The summed E-state index contributed by atoms with van der Waals surface area (Å²) >= 11 is 0. The van der Waals surface area contributed by atoms with Gasteiger partial charge < -0.3 is 10.4 Å². The molecule has 1 atom stereocenters. The molecule has 2 N–H and O–H groups in total. The Morgan fingerprint density at radius 1 is 1.29 bits per heavy atom. The number of rotatable bonds is 4. The maximum atomic E-state index is 14.0. The van der Waals surface area contributed by atoms with Crippen LogP contribution < -0.4 is 5.32 Å². The second kappa shape index (κ2) is 6.50. The van der Waals surface area contributed by atoms with Crippen molar-refractivity contribution < 1.29 is 14.3 Å². The van der Waals surface area contributed by atoms with Gasteiger partial charge in [0, 0.05) is 17.2 Å². The highest BCUT2D eigenvalue weighted by atomic mass is 19.1. The maximum absolute atomic E-state index is 14.0. The fraction of sp³-hybridized carbons (Fsp3) is 0.235. The van der Waals surface area contributed by atoms with Gasteiger partial charge in [0.15, 0.2) is 0 Å². The van der Waals surface area contributed by atoms with Crippen LogP contribution in [0, 0.1) is 12.7 Å². The predicted molar refractivity (Wildman–Crippen MR) is 80.6 cm³/mol. The average Bonchev–Trinajstić information content (AvgIpc) is 2.47. The lowest BCUT2D eigenvalue weighted by Crippen LogP contribution is -2.34. The van der Waals surface area contributed by atoms with E-state index in [2.05, 4.69) is 5.32 Å². The lowest BCUT2D eigenvalue weighted by Gasteiger charge is -2.12. The van der Waals surface area contributed by atoms with Gasteiger partial charge in [0.1, 0.15) is 5.82 Å². The molecule has 110 valence electrons. The molecule has 0 spiro atoms. The molecular formula is C17H18FNO2. The Kier molecular flexibility index (Phi) is 4.70. The van der Waals surface area contributed by atoms with E-state index >= 15 is 0 Å². The first kappa shape index (κ1) is 15.2. The minimum absolute atomic E-state index is 0.127. The summed E-state index contributed by atoms with van der Waals surface area (Å²) in [6.07, 6.45) is 0. The SMILES string of the molecule is Cc1ccc(-c2cccc(C(=O)N[C@@H](C)CO)c2)c(F)c1. The monoisotopic (exact) mass is 287 g/mol. The van der Waals surface area contributed by atoms with Crippen molar-refractivity contribution in [3.63, 3.8) is 0 Å². The zero-order valence-electron chi connectivity index (χ0n) is 12.1. The van der Waals surface area contributed by atoms with Crippen LogP contribution in [-0.4, -0.2) is 23.7 Å². The summed E-state index contributed by atoms with van der Waals surface area (Å²) in [5, 5.41) is 11.6. The standard InChI is InChI=1S/C17H18FNO2/c1-11-6-7-15(16(18)8-11)13-4-3-5-14(9-13)17(21)19-12(2)10-20/h3-9,12,20H,10H2,1-2H3,(H,19,21)/t12-/m0/s1. The van der Waals surface area contributed by atoms with Gasteiger partial charge in [-0.25, -0.2) is 4.39 Å². The first-order valence-corrected chi connectivity index (χ1v) is 6.79. The van der Waals surface area contributed by atoms with E-state index < -0.39 is 0 Å². The molecule has 0 unspecified atom stereocenters. The lowest BCUT2D eigenvalue weighted by molar-refractivity contribution is 0.0922. The number of amides is 1. The van der Waals surface area contributed by atoms with Gasteiger partial charge in [0.25, 0.3) is 5.91 Å². The number of carbonyl (C=O) groups is 1. The molecule has 0 bridgehead atoms. The molecule has 0 fully saturated rings. The van der Waals surface area contributed by atoms with Gasteiger partial charge in [0.05, 0.1) is 6.61 Å². The maximum Gasteiger partial charge on any atom is 0.251 e. The molecule has 1 amide bonds. The molecule has 0 aliphatic rings. The highest BCUT2D eigenvalue weighted by Gasteiger charge is 2.11. The third-order valence-electron chi connectivity index (χ3n) is 3.21. The summed E-state index contributed by atoms with van der Waals surface area (Å²) < 4.78 is 14.0. The van der Waals surface area contributed by atoms with E-state index in [1.807, 2.05) is 13.0 Å². The van der Waals surface area contributed by atoms with Crippen molar-refractivity contribution in [1.82, 2.24) is 5.32 Å². The van der Waals surface area contributed by atoms with Crippen molar-refractivity contribution in [1.29, 1.82) is 0 Å². The molecule has 0 heterocycles. The first-order valence-electron chi connectivity index (χ1n) is 6.79. The van der Waals surface area contributed by atoms with Crippen LogP contribution in [0.4, 0.5) is 4.39 Å². The summed E-state index contributed by atoms with van der Waals surface area (Å²) in [6.45, 7) is 3.41. The largest absolute Gasteiger partial charge is 0.394 e. The van der Waals surface area contributed by atoms with Gasteiger partial charge in [-0.3, -0.25) is 4.79 Å². The second-order valence-electron chi connectivity index (χ2n) is 5.12. The van der Waals surface area contributed by atoms with Crippen LogP contribution in [0.1, 0.15) is 22.8 Å². The van der Waals surface area contributed by atoms with Crippen molar-refractivity contribution in [2.45, 2.75) is 19.9 Å². The van der Waals surface area contributed by atoms with Crippen LogP contribution in [0.25, 0.3) is 11.1 Å². The van der Waals surface area contributed by atoms with Crippen LogP contribution in [0.2, 0.25) is 0 Å². The number of carbonyl (C=O) groups excluding carboxylic acids is 1. The third-order valence-corrected chi connectivity index (χ3v) is 3.21. The highest BCUT2D eigenvalue weighted by molar-refractivity contribution is 5.95. The summed E-state index contributed by atoms with van der Waals surface area (Å²) in [5.74, 6) is -0.595. The average molecular weight is 287 g/mol. The van der Waals surface area contributed by atoms with Gasteiger partial charge in [-0.05, 0) is 43.2 Å². The quantitative estimate of drug-likeness (QED) is 0.908. The van der Waals surface area contributed by atoms with E-state index in [9.17, 15) is 9.18 Å². The summed E-state index contributed by atoms with van der Waals surface area (Å²) in [7, 11) is 0. The Hall–Kier alpha value is -2.20. The zero-order chi connectivity index (χ0) is 15.4. The minimum Gasteiger partial charge on any atom is -0.394 e. The molecule has 2 rings (SSSR count). The normalized spacial score (nSPS) is 12.0. The summed E-state index contributed by atoms with van der Waals surface area (Å²) in [5.41, 5.74) is 2.40. The van der Waals surface area contributed by atoms with Gasteiger partial charge in [-0.2, -0.15) is 0 Å². The number of aryl methyl sites for hydroxylation is 1. The molecule has 0 saturated carbocycles. The summed E-state index contributed by atoms with van der Waals surface area (Å²) in [6, 6.07) is 11.5. The number of aliphatic hydroxyl groups excluding tert-OH is 1. The van der Waals surface area contributed by atoms with Crippen LogP contribution in [0.3, 0.4) is 0 Å². The van der Waals surface area contributed by atoms with Crippen LogP contribution >= 0.6 is 0 Å². The Morgan fingerprint density at radius 3 is 2.71 bits per heavy atom. The number of nitrogens with one attached hydrogen (secondary N) is 1. The van der Waals surface area contributed by atoms with E-state index in [0.29, 0.717) is 16.7 Å². The molecule has 21 heavy (non-hydrogen) atoms. The molecule has 0 aliphatic carbocycles. The number of halogens is 1. The van der Waals surface area contributed by atoms with Crippen LogP contribution in [0.5, 0.6) is 0 Å². The van der Waals surface area contributed by atoms with Crippen LogP contribution in [-0.2, 0) is 0 Å². The fourth-order valence-electron chi connectivity index (χ4n) is 2.03. The minimum atomic E-state index is -0.322. The van der Waals surface area contributed by atoms with Gasteiger partial charge in [0.2, 0.25) is 0 Å². The molecule has 0 radical (unpaired) electrons. The second-order valence-corrected chi connectivity index (χ2v) is 5.12. The molecule has 0 aromatic heterocycles. The molecule has 0 saturated heterocycles. The van der Waals surface area contributed by atoms with Gasteiger partial charge in [-0.15, -0.1) is 0 Å². The van der Waals surface area contributed by atoms with Gasteiger partial charge in [-0.1, -0.05) is 24.3 Å². The van der Waals surface area contributed by atoms with Crippen molar-refractivity contribution in [2.75, 3.05) is 6.61 Å². The Labute approximate surface area is 123 Å². The topological polar surface area (TPSA) is 49.3 Å². The zero-order valence-corrected chi connectivity index (χ0v) is 12.1. The molecule has 2 aromatic rings. The third kappa shape index (κ3) is 3.67. The number of aliphatic hydroxyl groups is 1. The van der Waals surface area contributed by atoms with Crippen molar-refractivity contribution in [3.05, 3.63) is 59.4 Å². The van der Waals surface area contributed by atoms with E-state index in [-0.39, 0.29) is 24.4 Å². The molecule has 0 aliphatic heterocycles. The number of hydrogen-bond acceptors (Lipinski definition) is 2. The Balaban J connectivity index is 2.31. The molecule has 2 aromatic carbocycles.